The largest absolute Gasteiger partial charge is 0.416 e. The van der Waals surface area contributed by atoms with Crippen LogP contribution < -0.4 is 10.6 Å². The Morgan fingerprint density at radius 1 is 0.967 bits per heavy atom. The molecule has 0 fully saturated rings. The summed E-state index contributed by atoms with van der Waals surface area (Å²) in [6, 6.07) is 14.5. The molecule has 0 saturated heterocycles. The number of anilines is 1. The molecule has 0 unspecified atom stereocenters. The minimum Gasteiger partial charge on any atom is -0.341 e. The Morgan fingerprint density at radius 3 is 2.40 bits per heavy atom. The van der Waals surface area contributed by atoms with E-state index in [-0.39, 0.29) is 23.9 Å². The van der Waals surface area contributed by atoms with Gasteiger partial charge in [-0.25, -0.2) is 0 Å². The zero-order valence-corrected chi connectivity index (χ0v) is 16.2. The third-order valence-electron chi connectivity index (χ3n) is 3.91. The second-order valence-corrected chi connectivity index (χ2v) is 7.02. The van der Waals surface area contributed by atoms with Gasteiger partial charge >= 0.3 is 6.18 Å². The average molecular weight is 428 g/mol. The second kappa shape index (κ2) is 9.29. The van der Waals surface area contributed by atoms with Crippen LogP contribution in [0, 0.1) is 11.8 Å². The van der Waals surface area contributed by atoms with Crippen molar-refractivity contribution in [1.82, 2.24) is 5.32 Å². The van der Waals surface area contributed by atoms with E-state index in [1.165, 1.54) is 23.5 Å². The second-order valence-electron chi connectivity index (χ2n) is 6.07. The monoisotopic (exact) mass is 428 g/mol. The number of halogens is 3. The van der Waals surface area contributed by atoms with Gasteiger partial charge in [-0.1, -0.05) is 24.0 Å². The van der Waals surface area contributed by atoms with Crippen molar-refractivity contribution in [2.45, 2.75) is 6.18 Å². The number of alkyl halides is 3. The number of carbonyl (C=O) groups excluding carboxylic acids is 2. The van der Waals surface area contributed by atoms with Crippen LogP contribution in [-0.4, -0.2) is 18.4 Å². The van der Waals surface area contributed by atoms with Gasteiger partial charge in [0.05, 0.1) is 17.0 Å². The third-order valence-corrected chi connectivity index (χ3v) is 4.78. The standard InChI is InChI=1S/C22H15F3N2O2S/c23-22(24,25)17-6-1-4-15(14-17)5-2-12-26-20(28)16-8-10-18(11-9-16)27-21(29)19-7-3-13-30-19/h1,3-4,6-11,13-14H,12H2,(H,26,28)(H,27,29). The lowest BCUT2D eigenvalue weighted by Gasteiger charge is -2.06. The van der Waals surface area contributed by atoms with E-state index in [0.717, 1.165) is 12.1 Å². The fourth-order valence-electron chi connectivity index (χ4n) is 2.45. The zero-order valence-electron chi connectivity index (χ0n) is 15.4. The molecule has 0 saturated carbocycles. The Labute approximate surface area is 174 Å². The number of carbonyl (C=O) groups is 2. The number of hydrogen-bond acceptors (Lipinski definition) is 3. The number of rotatable bonds is 4. The Bertz CT molecular complexity index is 1100. The highest BCUT2D eigenvalue weighted by Crippen LogP contribution is 2.29. The van der Waals surface area contributed by atoms with Crippen LogP contribution in [0.15, 0.2) is 66.0 Å². The first-order chi connectivity index (χ1) is 14.3. The molecule has 0 radical (unpaired) electrons. The van der Waals surface area contributed by atoms with Crippen LogP contribution in [0.5, 0.6) is 0 Å². The number of thiophene rings is 1. The van der Waals surface area contributed by atoms with Gasteiger partial charge in [0, 0.05) is 16.8 Å². The van der Waals surface area contributed by atoms with Crippen molar-refractivity contribution in [3.63, 3.8) is 0 Å². The van der Waals surface area contributed by atoms with Gasteiger partial charge < -0.3 is 10.6 Å². The molecule has 8 heteroatoms. The van der Waals surface area contributed by atoms with E-state index in [4.69, 9.17) is 0 Å². The highest BCUT2D eigenvalue weighted by molar-refractivity contribution is 7.12. The first-order valence-electron chi connectivity index (χ1n) is 8.72. The molecule has 2 aromatic carbocycles. The highest BCUT2D eigenvalue weighted by Gasteiger charge is 2.30. The van der Waals surface area contributed by atoms with Gasteiger partial charge in [0.15, 0.2) is 0 Å². The number of hydrogen-bond donors (Lipinski definition) is 2. The van der Waals surface area contributed by atoms with Gasteiger partial charge in [0.1, 0.15) is 0 Å². The van der Waals surface area contributed by atoms with E-state index in [9.17, 15) is 22.8 Å². The van der Waals surface area contributed by atoms with Gasteiger partial charge in [0.25, 0.3) is 11.8 Å². The van der Waals surface area contributed by atoms with Crippen LogP contribution in [-0.2, 0) is 6.18 Å². The Kier molecular flexibility index (Phi) is 6.54. The molecule has 3 aromatic rings. The molecule has 0 aliphatic heterocycles. The van der Waals surface area contributed by atoms with Crippen LogP contribution in [0.4, 0.5) is 18.9 Å². The molecule has 4 nitrogen and oxygen atoms in total. The molecular weight excluding hydrogens is 413 g/mol. The summed E-state index contributed by atoms with van der Waals surface area (Å²) in [7, 11) is 0. The van der Waals surface area contributed by atoms with Gasteiger partial charge in [-0.05, 0) is 53.9 Å². The molecule has 1 aromatic heterocycles. The van der Waals surface area contributed by atoms with Gasteiger partial charge in [-0.15, -0.1) is 11.3 Å². The molecule has 0 aliphatic carbocycles. The van der Waals surface area contributed by atoms with Gasteiger partial charge in [-0.3, -0.25) is 9.59 Å². The molecule has 30 heavy (non-hydrogen) atoms. The van der Waals surface area contributed by atoms with Crippen molar-refractivity contribution in [1.29, 1.82) is 0 Å². The normalized spacial score (nSPS) is 10.6. The lowest BCUT2D eigenvalue weighted by atomic mass is 10.1. The van der Waals surface area contributed by atoms with Crippen molar-refractivity contribution in [3.05, 3.63) is 87.6 Å². The van der Waals surface area contributed by atoms with E-state index < -0.39 is 11.7 Å². The number of nitrogens with one attached hydrogen (secondary N) is 2. The minimum absolute atomic E-state index is 0.0219. The quantitative estimate of drug-likeness (QED) is 0.587. The maximum atomic E-state index is 12.7. The molecule has 0 atom stereocenters. The summed E-state index contributed by atoms with van der Waals surface area (Å²) in [5.74, 6) is 4.61. The maximum absolute atomic E-state index is 12.7. The summed E-state index contributed by atoms with van der Waals surface area (Å²) in [5.41, 5.74) is 0.355. The zero-order chi connectivity index (χ0) is 21.6. The predicted molar refractivity (Wildman–Crippen MR) is 109 cm³/mol. The Morgan fingerprint density at radius 2 is 1.73 bits per heavy atom. The lowest BCUT2D eigenvalue weighted by molar-refractivity contribution is -0.137. The first-order valence-corrected chi connectivity index (χ1v) is 9.60. The van der Waals surface area contributed by atoms with Gasteiger partial charge in [0.2, 0.25) is 0 Å². The smallest absolute Gasteiger partial charge is 0.341 e. The summed E-state index contributed by atoms with van der Waals surface area (Å²) in [5, 5.41) is 7.11. The predicted octanol–water partition coefficient (Wildman–Crippen LogP) is 4.80. The molecule has 0 spiro atoms. The molecule has 152 valence electrons. The Hall–Kier alpha value is -3.57. The fourth-order valence-corrected chi connectivity index (χ4v) is 3.07. The average Bonchev–Trinajstić information content (AvgIpc) is 3.26. The van der Waals surface area contributed by atoms with Crippen molar-refractivity contribution in [2.24, 2.45) is 0 Å². The molecule has 3 rings (SSSR count). The van der Waals surface area contributed by atoms with Crippen molar-refractivity contribution in [3.8, 4) is 11.8 Å². The van der Waals surface area contributed by atoms with Crippen molar-refractivity contribution in [2.75, 3.05) is 11.9 Å². The van der Waals surface area contributed by atoms with Crippen LogP contribution in [0.2, 0.25) is 0 Å². The van der Waals surface area contributed by atoms with Crippen LogP contribution in [0.3, 0.4) is 0 Å². The summed E-state index contributed by atoms with van der Waals surface area (Å²) in [4.78, 5) is 24.7. The van der Waals surface area contributed by atoms with Crippen molar-refractivity contribution >= 4 is 28.8 Å². The van der Waals surface area contributed by atoms with Crippen molar-refractivity contribution < 1.29 is 22.8 Å². The number of benzene rings is 2. The molecular formula is C22H15F3N2O2S. The summed E-state index contributed by atoms with van der Waals surface area (Å²) < 4.78 is 38.1. The molecule has 0 bridgehead atoms. The first kappa shape index (κ1) is 21.1. The van der Waals surface area contributed by atoms with E-state index >= 15 is 0 Å². The SMILES string of the molecule is O=C(NCC#Cc1cccc(C(F)(F)F)c1)c1ccc(NC(=O)c2cccs2)cc1. The summed E-state index contributed by atoms with van der Waals surface area (Å²) >= 11 is 1.33. The van der Waals surface area contributed by atoms with E-state index in [1.807, 2.05) is 0 Å². The van der Waals surface area contributed by atoms with Crippen LogP contribution in [0.1, 0.15) is 31.2 Å². The van der Waals surface area contributed by atoms with E-state index in [0.29, 0.717) is 16.1 Å². The summed E-state index contributed by atoms with van der Waals surface area (Å²) in [6.45, 7) is -0.0219. The third kappa shape index (κ3) is 5.72. The fraction of sp³-hybridized carbons (Fsp3) is 0.0909. The minimum atomic E-state index is -4.43. The van der Waals surface area contributed by atoms with Crippen LogP contribution in [0.25, 0.3) is 0 Å². The number of amides is 2. The molecule has 2 amide bonds. The van der Waals surface area contributed by atoms with E-state index in [2.05, 4.69) is 22.5 Å². The lowest BCUT2D eigenvalue weighted by Crippen LogP contribution is -2.23. The Balaban J connectivity index is 1.53. The molecule has 2 N–H and O–H groups in total. The molecule has 0 aliphatic rings. The maximum Gasteiger partial charge on any atom is 0.416 e. The van der Waals surface area contributed by atoms with E-state index in [1.54, 1.807) is 41.8 Å². The molecule has 1 heterocycles. The highest BCUT2D eigenvalue weighted by atomic mass is 32.1. The topological polar surface area (TPSA) is 58.2 Å². The van der Waals surface area contributed by atoms with Crippen LogP contribution >= 0.6 is 11.3 Å². The van der Waals surface area contributed by atoms with Gasteiger partial charge in [-0.2, -0.15) is 13.2 Å². The summed E-state index contributed by atoms with van der Waals surface area (Å²) in [6.07, 6.45) is -4.43.